The minimum Gasteiger partial charge on any atom is -0.507 e. The Kier molecular flexibility index (Phi) is 7.04. The Hall–Kier alpha value is -2.53. The summed E-state index contributed by atoms with van der Waals surface area (Å²) in [5, 5.41) is 20.2. The van der Waals surface area contributed by atoms with E-state index in [2.05, 4.69) is 6.92 Å². The van der Waals surface area contributed by atoms with Gasteiger partial charge in [0.1, 0.15) is 11.5 Å². The van der Waals surface area contributed by atoms with Gasteiger partial charge in [0, 0.05) is 5.56 Å². The van der Waals surface area contributed by atoms with Gasteiger partial charge in [0.15, 0.2) is 0 Å². The van der Waals surface area contributed by atoms with Gasteiger partial charge in [0.2, 0.25) is 0 Å². The van der Waals surface area contributed by atoms with E-state index < -0.39 is 12.1 Å². The van der Waals surface area contributed by atoms with Gasteiger partial charge in [-0.3, -0.25) is 0 Å². The van der Waals surface area contributed by atoms with Gasteiger partial charge in [0.05, 0.1) is 25.4 Å². The lowest BCUT2D eigenvalue weighted by Crippen LogP contribution is -2.07. The number of carbonyl (C=O) groups is 1. The number of esters is 1. The van der Waals surface area contributed by atoms with Gasteiger partial charge in [-0.25, -0.2) is 4.79 Å². The van der Waals surface area contributed by atoms with Crippen molar-refractivity contribution in [3.63, 3.8) is 0 Å². The SMILES string of the molecule is CCCCOc1ccc(-c2cc(C(=O)OC)ccc2O)c(C[C@H](C)O)c1. The van der Waals surface area contributed by atoms with Gasteiger partial charge in [-0.15, -0.1) is 0 Å². The van der Waals surface area contributed by atoms with Crippen LogP contribution in [0.1, 0.15) is 42.6 Å². The van der Waals surface area contributed by atoms with E-state index in [-0.39, 0.29) is 5.75 Å². The average molecular weight is 358 g/mol. The lowest BCUT2D eigenvalue weighted by Gasteiger charge is -2.16. The molecule has 0 bridgehead atoms. The van der Waals surface area contributed by atoms with E-state index in [0.717, 1.165) is 29.7 Å². The number of aliphatic hydroxyl groups is 1. The Morgan fingerprint density at radius 2 is 1.92 bits per heavy atom. The number of hydrogen-bond acceptors (Lipinski definition) is 5. The third kappa shape index (κ3) is 4.99. The number of ether oxygens (including phenoxy) is 2. The fourth-order valence-electron chi connectivity index (χ4n) is 2.74. The molecule has 26 heavy (non-hydrogen) atoms. The Labute approximate surface area is 154 Å². The average Bonchev–Trinajstić information content (AvgIpc) is 2.62. The summed E-state index contributed by atoms with van der Waals surface area (Å²) in [4.78, 5) is 11.8. The Morgan fingerprint density at radius 1 is 1.15 bits per heavy atom. The topological polar surface area (TPSA) is 76.0 Å². The summed E-state index contributed by atoms with van der Waals surface area (Å²) in [6, 6.07) is 10.1. The molecule has 0 radical (unpaired) electrons. The standard InChI is InChI=1S/C21H26O5/c1-4-5-10-26-17-7-8-18(16(12-17)11-14(2)22)19-13-15(21(24)25-3)6-9-20(19)23/h6-9,12-14,22-23H,4-5,10-11H2,1-3H3/t14-/m0/s1. The first-order valence-electron chi connectivity index (χ1n) is 8.81. The van der Waals surface area contributed by atoms with Gasteiger partial charge in [0.25, 0.3) is 0 Å². The molecule has 2 aromatic rings. The third-order valence-electron chi connectivity index (χ3n) is 4.07. The van der Waals surface area contributed by atoms with Crippen LogP contribution in [0.2, 0.25) is 0 Å². The van der Waals surface area contributed by atoms with Crippen molar-refractivity contribution in [2.24, 2.45) is 0 Å². The summed E-state index contributed by atoms with van der Waals surface area (Å²) in [6.45, 7) is 4.44. The lowest BCUT2D eigenvalue weighted by atomic mass is 9.94. The first kappa shape index (κ1) is 19.8. The molecule has 5 nitrogen and oxygen atoms in total. The van der Waals surface area contributed by atoms with Crippen molar-refractivity contribution >= 4 is 5.97 Å². The van der Waals surface area contributed by atoms with E-state index >= 15 is 0 Å². The molecule has 0 aromatic heterocycles. The highest BCUT2D eigenvalue weighted by molar-refractivity contribution is 5.92. The van der Waals surface area contributed by atoms with Gasteiger partial charge >= 0.3 is 5.97 Å². The molecule has 0 aliphatic heterocycles. The van der Waals surface area contributed by atoms with Gasteiger partial charge < -0.3 is 19.7 Å². The molecule has 2 rings (SSSR count). The molecule has 5 heteroatoms. The number of aromatic hydroxyl groups is 1. The monoisotopic (exact) mass is 358 g/mol. The first-order chi connectivity index (χ1) is 12.5. The highest BCUT2D eigenvalue weighted by Crippen LogP contribution is 2.35. The molecule has 0 unspecified atom stereocenters. The maximum Gasteiger partial charge on any atom is 0.337 e. The predicted molar refractivity (Wildman–Crippen MR) is 101 cm³/mol. The molecule has 1 atom stereocenters. The maximum atomic E-state index is 11.8. The molecular weight excluding hydrogens is 332 g/mol. The van der Waals surface area contributed by atoms with E-state index in [1.807, 2.05) is 18.2 Å². The predicted octanol–water partition coefficient (Wildman–Crippen LogP) is 3.95. The van der Waals surface area contributed by atoms with Crippen LogP contribution in [0.4, 0.5) is 0 Å². The molecule has 140 valence electrons. The number of aliphatic hydroxyl groups excluding tert-OH is 1. The minimum absolute atomic E-state index is 0.0594. The zero-order chi connectivity index (χ0) is 19.1. The molecule has 0 saturated carbocycles. The maximum absolute atomic E-state index is 11.8. The van der Waals surface area contributed by atoms with Crippen LogP contribution in [0.15, 0.2) is 36.4 Å². The van der Waals surface area contributed by atoms with Gasteiger partial charge in [-0.05, 0) is 61.2 Å². The van der Waals surface area contributed by atoms with Crippen LogP contribution in [-0.4, -0.2) is 36.0 Å². The fraction of sp³-hybridized carbons (Fsp3) is 0.381. The van der Waals surface area contributed by atoms with Crippen LogP contribution in [0.3, 0.4) is 0 Å². The normalized spacial score (nSPS) is 11.8. The number of methoxy groups -OCH3 is 1. The Balaban J connectivity index is 2.45. The number of phenols is 1. The van der Waals surface area contributed by atoms with E-state index in [1.54, 1.807) is 13.0 Å². The zero-order valence-corrected chi connectivity index (χ0v) is 15.5. The summed E-state index contributed by atoms with van der Waals surface area (Å²) in [7, 11) is 1.32. The largest absolute Gasteiger partial charge is 0.507 e. The number of hydrogen-bond donors (Lipinski definition) is 2. The Morgan fingerprint density at radius 3 is 2.58 bits per heavy atom. The second kappa shape index (κ2) is 9.25. The van der Waals surface area contributed by atoms with Crippen LogP contribution in [-0.2, 0) is 11.2 Å². The first-order valence-corrected chi connectivity index (χ1v) is 8.81. The lowest BCUT2D eigenvalue weighted by molar-refractivity contribution is 0.0600. The quantitative estimate of drug-likeness (QED) is 0.552. The Bertz CT molecular complexity index is 752. The second-order valence-corrected chi connectivity index (χ2v) is 6.30. The molecule has 2 aromatic carbocycles. The van der Waals surface area contributed by atoms with E-state index in [4.69, 9.17) is 9.47 Å². The summed E-state index contributed by atoms with van der Waals surface area (Å²) in [5.74, 6) is 0.313. The van der Waals surface area contributed by atoms with Crippen LogP contribution in [0, 0.1) is 0 Å². The highest BCUT2D eigenvalue weighted by atomic mass is 16.5. The van der Waals surface area contributed by atoms with Crippen molar-refractivity contribution in [1.82, 2.24) is 0 Å². The molecule has 0 aliphatic carbocycles. The molecule has 0 saturated heterocycles. The van der Waals surface area contributed by atoms with Crippen LogP contribution < -0.4 is 4.74 Å². The van der Waals surface area contributed by atoms with Crippen molar-refractivity contribution in [2.75, 3.05) is 13.7 Å². The van der Waals surface area contributed by atoms with Crippen molar-refractivity contribution in [1.29, 1.82) is 0 Å². The summed E-state index contributed by atoms with van der Waals surface area (Å²) < 4.78 is 10.5. The second-order valence-electron chi connectivity index (χ2n) is 6.30. The zero-order valence-electron chi connectivity index (χ0n) is 15.5. The summed E-state index contributed by atoms with van der Waals surface area (Å²) in [5.41, 5.74) is 2.46. The number of phenolic OH excluding ortho intramolecular Hbond substituents is 1. The van der Waals surface area contributed by atoms with Crippen molar-refractivity contribution in [3.05, 3.63) is 47.5 Å². The molecule has 0 spiro atoms. The van der Waals surface area contributed by atoms with Crippen LogP contribution >= 0.6 is 0 Å². The molecule has 0 aliphatic rings. The molecule has 0 heterocycles. The van der Waals surface area contributed by atoms with Gasteiger partial charge in [-0.1, -0.05) is 19.4 Å². The third-order valence-corrected chi connectivity index (χ3v) is 4.07. The van der Waals surface area contributed by atoms with E-state index in [1.165, 1.54) is 19.2 Å². The fourth-order valence-corrected chi connectivity index (χ4v) is 2.74. The number of carbonyl (C=O) groups excluding carboxylic acids is 1. The van der Waals surface area contributed by atoms with Crippen molar-refractivity contribution in [3.8, 4) is 22.6 Å². The smallest absolute Gasteiger partial charge is 0.337 e. The van der Waals surface area contributed by atoms with Crippen molar-refractivity contribution < 1.29 is 24.5 Å². The van der Waals surface area contributed by atoms with Gasteiger partial charge in [-0.2, -0.15) is 0 Å². The molecule has 0 fully saturated rings. The van der Waals surface area contributed by atoms with Crippen molar-refractivity contribution in [2.45, 2.75) is 39.2 Å². The molecule has 0 amide bonds. The number of unbranched alkanes of at least 4 members (excludes halogenated alkanes) is 1. The summed E-state index contributed by atoms with van der Waals surface area (Å²) >= 11 is 0. The van der Waals surface area contributed by atoms with Crippen LogP contribution in [0.5, 0.6) is 11.5 Å². The number of benzene rings is 2. The van der Waals surface area contributed by atoms with Crippen LogP contribution in [0.25, 0.3) is 11.1 Å². The number of rotatable bonds is 8. The van der Waals surface area contributed by atoms with E-state index in [9.17, 15) is 15.0 Å². The highest BCUT2D eigenvalue weighted by Gasteiger charge is 2.15. The minimum atomic E-state index is -0.550. The molecule has 2 N–H and O–H groups in total. The summed E-state index contributed by atoms with van der Waals surface area (Å²) in [6.07, 6.45) is 1.87. The van der Waals surface area contributed by atoms with E-state index in [0.29, 0.717) is 24.2 Å². The molecular formula is C21H26O5.